The van der Waals surface area contributed by atoms with Gasteiger partial charge in [-0.05, 0) is 90.7 Å². The molecule has 1 aromatic rings. The van der Waals surface area contributed by atoms with Crippen molar-refractivity contribution in [2.24, 2.45) is 30.2 Å². The van der Waals surface area contributed by atoms with E-state index >= 15 is 0 Å². The zero-order chi connectivity index (χ0) is 16.2. The minimum Gasteiger partial charge on any atom is -0.347 e. The number of aryl methyl sites for hydroxylation is 1. The Morgan fingerprint density at radius 3 is 2.35 bits per heavy atom. The molecule has 4 aliphatic carbocycles. The molecule has 4 saturated carbocycles. The van der Waals surface area contributed by atoms with E-state index in [9.17, 15) is 4.79 Å². The van der Waals surface area contributed by atoms with Crippen LogP contribution in [-0.2, 0) is 7.05 Å². The summed E-state index contributed by atoms with van der Waals surface area (Å²) in [4.78, 5) is 12.7. The van der Waals surface area contributed by atoms with E-state index in [1.807, 2.05) is 13.2 Å². The summed E-state index contributed by atoms with van der Waals surface area (Å²) in [5, 5.41) is 7.72. The number of aromatic nitrogens is 2. The molecular weight excluding hydrogens is 401 g/mol. The van der Waals surface area contributed by atoms with Crippen LogP contribution >= 0.6 is 22.6 Å². The summed E-state index contributed by atoms with van der Waals surface area (Å²) in [6.45, 7) is 2.23. The van der Waals surface area contributed by atoms with Crippen molar-refractivity contribution in [3.63, 3.8) is 0 Å². The summed E-state index contributed by atoms with van der Waals surface area (Å²) in [5.41, 5.74) is 0.940. The number of hydrogen-bond acceptors (Lipinski definition) is 2. The maximum Gasteiger partial charge on any atom is 0.273 e. The topological polar surface area (TPSA) is 46.9 Å². The van der Waals surface area contributed by atoms with E-state index in [0.29, 0.717) is 17.2 Å². The van der Waals surface area contributed by atoms with Crippen molar-refractivity contribution in [2.45, 2.75) is 57.9 Å². The molecule has 126 valence electrons. The van der Waals surface area contributed by atoms with E-state index in [1.54, 1.807) is 4.68 Å². The Balaban J connectivity index is 1.55. The van der Waals surface area contributed by atoms with Crippen LogP contribution in [0.3, 0.4) is 0 Å². The molecule has 0 radical (unpaired) electrons. The second-order valence-corrected chi connectivity index (χ2v) is 9.38. The molecule has 1 heterocycles. The number of nitrogens with zero attached hydrogens (tertiary/aromatic N) is 2. The first-order chi connectivity index (χ1) is 11.0. The molecule has 0 spiro atoms. The molecule has 1 aromatic heterocycles. The fraction of sp³-hybridized carbons (Fsp3) is 0.778. The third-order valence-electron chi connectivity index (χ3n) is 6.54. The minimum atomic E-state index is 0.0117. The van der Waals surface area contributed by atoms with E-state index in [0.717, 1.165) is 27.7 Å². The molecule has 4 bridgehead atoms. The largest absolute Gasteiger partial charge is 0.347 e. The lowest BCUT2D eigenvalue weighted by molar-refractivity contribution is -0.0727. The van der Waals surface area contributed by atoms with Crippen LogP contribution in [0.25, 0.3) is 0 Å². The summed E-state index contributed by atoms with van der Waals surface area (Å²) in [6, 6.07) is 0.307. The van der Waals surface area contributed by atoms with Crippen LogP contribution in [-0.4, -0.2) is 21.7 Å². The summed E-state index contributed by atoms with van der Waals surface area (Å²) >= 11 is 2.20. The van der Waals surface area contributed by atoms with Crippen LogP contribution in [0, 0.1) is 26.7 Å². The van der Waals surface area contributed by atoms with Gasteiger partial charge in [-0.3, -0.25) is 9.48 Å². The fourth-order valence-electron chi connectivity index (χ4n) is 6.13. The zero-order valence-electron chi connectivity index (χ0n) is 14.0. The molecule has 0 aromatic carbocycles. The fourth-order valence-corrected chi connectivity index (χ4v) is 6.89. The highest BCUT2D eigenvalue weighted by Gasteiger charge is 2.54. The third-order valence-corrected chi connectivity index (χ3v) is 7.33. The molecule has 23 heavy (non-hydrogen) atoms. The van der Waals surface area contributed by atoms with Crippen LogP contribution in [0.2, 0.25) is 0 Å². The van der Waals surface area contributed by atoms with Crippen molar-refractivity contribution in [2.75, 3.05) is 0 Å². The van der Waals surface area contributed by atoms with Gasteiger partial charge in [-0.1, -0.05) is 6.92 Å². The average Bonchev–Trinajstić information content (AvgIpc) is 2.81. The highest BCUT2D eigenvalue weighted by atomic mass is 127. The van der Waals surface area contributed by atoms with Gasteiger partial charge < -0.3 is 5.32 Å². The van der Waals surface area contributed by atoms with Crippen molar-refractivity contribution < 1.29 is 4.79 Å². The highest BCUT2D eigenvalue weighted by Crippen LogP contribution is 2.61. The molecule has 4 nitrogen and oxygen atoms in total. The molecular formula is C18H26IN3O. The normalized spacial score (nSPS) is 36.2. The first kappa shape index (κ1) is 15.9. The molecule has 4 fully saturated rings. The van der Waals surface area contributed by atoms with E-state index in [2.05, 4.69) is 39.9 Å². The van der Waals surface area contributed by atoms with Crippen molar-refractivity contribution >= 4 is 28.5 Å². The molecule has 1 amide bonds. The Labute approximate surface area is 151 Å². The number of amides is 1. The predicted octanol–water partition coefficient (Wildman–Crippen LogP) is 3.75. The molecule has 0 unspecified atom stereocenters. The van der Waals surface area contributed by atoms with Crippen LogP contribution in [0.5, 0.6) is 0 Å². The van der Waals surface area contributed by atoms with E-state index < -0.39 is 0 Å². The van der Waals surface area contributed by atoms with Gasteiger partial charge in [0, 0.05) is 19.3 Å². The number of carbonyl (C=O) groups is 1. The van der Waals surface area contributed by atoms with Crippen molar-refractivity contribution in [3.8, 4) is 0 Å². The molecule has 0 saturated heterocycles. The zero-order valence-corrected chi connectivity index (χ0v) is 16.2. The molecule has 0 aliphatic heterocycles. The molecule has 1 N–H and O–H groups in total. The van der Waals surface area contributed by atoms with Gasteiger partial charge in [-0.15, -0.1) is 0 Å². The van der Waals surface area contributed by atoms with Crippen molar-refractivity contribution in [1.29, 1.82) is 0 Å². The number of halogens is 1. The lowest BCUT2D eigenvalue weighted by atomic mass is 9.47. The summed E-state index contributed by atoms with van der Waals surface area (Å²) in [6.07, 6.45) is 11.3. The maximum absolute atomic E-state index is 12.7. The Bertz CT molecular complexity index is 588. The van der Waals surface area contributed by atoms with Gasteiger partial charge in [0.25, 0.3) is 5.91 Å². The van der Waals surface area contributed by atoms with E-state index in [4.69, 9.17) is 0 Å². The quantitative estimate of drug-likeness (QED) is 0.745. The SMILES string of the molecule is CC[C@@H](NC(=O)c1nn(C)cc1I)C12CC3CC(CC(C3)C1)C2. The van der Waals surface area contributed by atoms with Gasteiger partial charge in [-0.2, -0.15) is 5.10 Å². The number of rotatable bonds is 4. The number of hydrogen-bond donors (Lipinski definition) is 1. The second kappa shape index (κ2) is 5.74. The van der Waals surface area contributed by atoms with Crippen LogP contribution in [0.15, 0.2) is 6.20 Å². The minimum absolute atomic E-state index is 0.0117. The molecule has 1 atom stereocenters. The van der Waals surface area contributed by atoms with Gasteiger partial charge in [-0.25, -0.2) is 0 Å². The Kier molecular flexibility index (Phi) is 3.97. The van der Waals surface area contributed by atoms with Crippen molar-refractivity contribution in [1.82, 2.24) is 15.1 Å². The summed E-state index contributed by atoms with van der Waals surface area (Å²) < 4.78 is 2.66. The number of nitrogens with one attached hydrogen (secondary N) is 1. The average molecular weight is 427 g/mol. The monoisotopic (exact) mass is 427 g/mol. The van der Waals surface area contributed by atoms with Gasteiger partial charge in [0.15, 0.2) is 5.69 Å². The van der Waals surface area contributed by atoms with Gasteiger partial charge in [0.05, 0.1) is 3.57 Å². The molecule has 4 aliphatic rings. The first-order valence-electron chi connectivity index (χ1n) is 8.99. The lowest BCUT2D eigenvalue weighted by Crippen LogP contribution is -2.56. The highest BCUT2D eigenvalue weighted by molar-refractivity contribution is 14.1. The van der Waals surface area contributed by atoms with Gasteiger partial charge in [0.1, 0.15) is 0 Å². The molecule has 5 heteroatoms. The standard InChI is InChI=1S/C18H26IN3O/c1-3-15(20-17(23)16-14(19)10-22(2)21-16)18-7-11-4-12(8-18)6-13(5-11)9-18/h10-13,15H,3-9H2,1-2H3,(H,20,23)/t11?,12?,13?,15-,18?/m1/s1. The van der Waals surface area contributed by atoms with Crippen LogP contribution in [0.4, 0.5) is 0 Å². The Hall–Kier alpha value is -0.590. The predicted molar refractivity (Wildman–Crippen MR) is 98.1 cm³/mol. The second-order valence-electron chi connectivity index (χ2n) is 8.21. The number of carbonyl (C=O) groups excluding carboxylic acids is 1. The lowest BCUT2D eigenvalue weighted by Gasteiger charge is -2.59. The van der Waals surface area contributed by atoms with Crippen LogP contribution in [0.1, 0.15) is 62.4 Å². The third kappa shape index (κ3) is 2.72. The summed E-state index contributed by atoms with van der Waals surface area (Å²) in [7, 11) is 1.87. The summed E-state index contributed by atoms with van der Waals surface area (Å²) in [5.74, 6) is 2.77. The maximum atomic E-state index is 12.7. The first-order valence-corrected chi connectivity index (χ1v) is 10.1. The van der Waals surface area contributed by atoms with E-state index in [-0.39, 0.29) is 5.91 Å². The Morgan fingerprint density at radius 1 is 1.35 bits per heavy atom. The van der Waals surface area contributed by atoms with Gasteiger partial charge in [0.2, 0.25) is 0 Å². The van der Waals surface area contributed by atoms with Gasteiger partial charge >= 0.3 is 0 Å². The van der Waals surface area contributed by atoms with E-state index in [1.165, 1.54) is 38.5 Å². The van der Waals surface area contributed by atoms with Crippen LogP contribution < -0.4 is 5.32 Å². The molecule has 5 rings (SSSR count). The Morgan fingerprint density at radius 2 is 1.91 bits per heavy atom. The smallest absolute Gasteiger partial charge is 0.273 e. The van der Waals surface area contributed by atoms with Crippen molar-refractivity contribution in [3.05, 3.63) is 15.5 Å².